The lowest BCUT2D eigenvalue weighted by Crippen LogP contribution is -1.96. The first-order valence-corrected chi connectivity index (χ1v) is 4.74. The van der Waals surface area contributed by atoms with Gasteiger partial charge in [0.2, 0.25) is 17.7 Å². The standard InChI is InChI=1S/C11H11N3O2/c1-7-2-4-8(5-3-7)12-11-13-9(15)6-10(16)14-11/h2-6H,1H3,(H3,12,13,14,15,16). The summed E-state index contributed by atoms with van der Waals surface area (Å²) < 4.78 is 0. The number of nitrogens with one attached hydrogen (secondary N) is 1. The first-order chi connectivity index (χ1) is 7.63. The summed E-state index contributed by atoms with van der Waals surface area (Å²) in [4.78, 5) is 7.45. The molecule has 0 spiro atoms. The fourth-order valence-electron chi connectivity index (χ4n) is 1.24. The second-order valence-electron chi connectivity index (χ2n) is 3.40. The van der Waals surface area contributed by atoms with Crippen LogP contribution in [0.1, 0.15) is 5.56 Å². The van der Waals surface area contributed by atoms with E-state index in [0.717, 1.165) is 17.3 Å². The topological polar surface area (TPSA) is 78.3 Å². The number of hydrogen-bond donors (Lipinski definition) is 3. The van der Waals surface area contributed by atoms with Gasteiger partial charge in [0.25, 0.3) is 0 Å². The summed E-state index contributed by atoms with van der Waals surface area (Å²) in [5.74, 6) is -0.398. The van der Waals surface area contributed by atoms with Gasteiger partial charge < -0.3 is 15.5 Å². The quantitative estimate of drug-likeness (QED) is 0.716. The molecule has 0 atom stereocenters. The highest BCUT2D eigenvalue weighted by atomic mass is 16.3. The zero-order valence-electron chi connectivity index (χ0n) is 8.68. The van der Waals surface area contributed by atoms with Gasteiger partial charge in [-0.2, -0.15) is 9.97 Å². The number of benzene rings is 1. The molecule has 0 bridgehead atoms. The Morgan fingerprint density at radius 3 is 2.12 bits per heavy atom. The van der Waals surface area contributed by atoms with Crippen LogP contribution in [0.3, 0.4) is 0 Å². The van der Waals surface area contributed by atoms with Crippen LogP contribution < -0.4 is 5.32 Å². The predicted octanol–water partition coefficient (Wildman–Crippen LogP) is 1.94. The zero-order chi connectivity index (χ0) is 11.5. The van der Waals surface area contributed by atoms with Crippen molar-refractivity contribution in [2.24, 2.45) is 0 Å². The van der Waals surface area contributed by atoms with Crippen molar-refractivity contribution in [2.45, 2.75) is 6.92 Å². The molecule has 82 valence electrons. The van der Waals surface area contributed by atoms with Gasteiger partial charge in [0, 0.05) is 5.69 Å². The zero-order valence-corrected chi connectivity index (χ0v) is 8.68. The van der Waals surface area contributed by atoms with Gasteiger partial charge in [-0.25, -0.2) is 0 Å². The summed E-state index contributed by atoms with van der Waals surface area (Å²) in [5.41, 5.74) is 1.93. The van der Waals surface area contributed by atoms with Crippen molar-refractivity contribution in [2.75, 3.05) is 5.32 Å². The summed E-state index contributed by atoms with van der Waals surface area (Å²) in [6.07, 6.45) is 0. The Kier molecular flexibility index (Phi) is 2.59. The average molecular weight is 217 g/mol. The first kappa shape index (κ1) is 10.2. The molecule has 0 aliphatic heterocycles. The molecule has 2 rings (SSSR count). The fourth-order valence-corrected chi connectivity index (χ4v) is 1.24. The van der Waals surface area contributed by atoms with E-state index in [4.69, 9.17) is 10.2 Å². The van der Waals surface area contributed by atoms with Crippen molar-refractivity contribution in [3.8, 4) is 11.8 Å². The van der Waals surface area contributed by atoms with E-state index in [1.165, 1.54) is 0 Å². The molecule has 1 aromatic carbocycles. The third-order valence-electron chi connectivity index (χ3n) is 2.01. The van der Waals surface area contributed by atoms with E-state index in [0.29, 0.717) is 0 Å². The van der Waals surface area contributed by atoms with Crippen molar-refractivity contribution in [3.05, 3.63) is 35.9 Å². The second-order valence-corrected chi connectivity index (χ2v) is 3.40. The molecule has 1 heterocycles. The molecular weight excluding hydrogens is 206 g/mol. The smallest absolute Gasteiger partial charge is 0.233 e. The number of anilines is 2. The van der Waals surface area contributed by atoms with Crippen LogP contribution in [0.15, 0.2) is 30.3 Å². The molecule has 5 nitrogen and oxygen atoms in total. The third-order valence-corrected chi connectivity index (χ3v) is 2.01. The number of hydrogen-bond acceptors (Lipinski definition) is 5. The summed E-state index contributed by atoms with van der Waals surface area (Å²) in [6.45, 7) is 1.99. The van der Waals surface area contributed by atoms with Crippen molar-refractivity contribution in [1.82, 2.24) is 9.97 Å². The molecule has 0 aliphatic carbocycles. The van der Waals surface area contributed by atoms with Gasteiger partial charge in [-0.3, -0.25) is 0 Å². The second kappa shape index (κ2) is 4.06. The molecule has 0 saturated carbocycles. The SMILES string of the molecule is Cc1ccc(Nc2nc(O)cc(O)n2)cc1. The monoisotopic (exact) mass is 217 g/mol. The van der Waals surface area contributed by atoms with Crippen molar-refractivity contribution in [1.29, 1.82) is 0 Å². The highest BCUT2D eigenvalue weighted by molar-refractivity contribution is 5.54. The maximum Gasteiger partial charge on any atom is 0.233 e. The largest absolute Gasteiger partial charge is 0.493 e. The third kappa shape index (κ3) is 2.38. The van der Waals surface area contributed by atoms with Gasteiger partial charge in [0.15, 0.2) is 0 Å². The Bertz CT molecular complexity index is 477. The Hall–Kier alpha value is -2.30. The van der Waals surface area contributed by atoms with Crippen molar-refractivity contribution in [3.63, 3.8) is 0 Å². The molecule has 3 N–H and O–H groups in total. The molecule has 5 heteroatoms. The highest BCUT2D eigenvalue weighted by Crippen LogP contribution is 2.19. The molecule has 1 aromatic heterocycles. The summed E-state index contributed by atoms with van der Waals surface area (Å²) in [7, 11) is 0. The highest BCUT2D eigenvalue weighted by Gasteiger charge is 2.02. The van der Waals surface area contributed by atoms with Gasteiger partial charge in [0.1, 0.15) is 0 Å². The van der Waals surface area contributed by atoms with Crippen LogP contribution in [-0.4, -0.2) is 20.2 Å². The van der Waals surface area contributed by atoms with Crippen molar-refractivity contribution >= 4 is 11.6 Å². The molecule has 0 saturated heterocycles. The molecule has 16 heavy (non-hydrogen) atoms. The van der Waals surface area contributed by atoms with Crippen LogP contribution in [0.4, 0.5) is 11.6 Å². The number of rotatable bonds is 2. The van der Waals surface area contributed by atoms with E-state index < -0.39 is 0 Å². The van der Waals surface area contributed by atoms with Crippen LogP contribution in [0.5, 0.6) is 11.8 Å². The number of aromatic hydroxyl groups is 2. The van der Waals surface area contributed by atoms with Crippen LogP contribution in [-0.2, 0) is 0 Å². The van der Waals surface area contributed by atoms with Gasteiger partial charge in [-0.15, -0.1) is 0 Å². The Morgan fingerprint density at radius 2 is 1.56 bits per heavy atom. The van der Waals surface area contributed by atoms with Gasteiger partial charge in [-0.1, -0.05) is 17.7 Å². The molecular formula is C11H11N3O2. The van der Waals surface area contributed by atoms with Crippen molar-refractivity contribution < 1.29 is 10.2 Å². The van der Waals surface area contributed by atoms with E-state index in [2.05, 4.69) is 15.3 Å². The van der Waals surface area contributed by atoms with Crippen LogP contribution in [0.2, 0.25) is 0 Å². The summed E-state index contributed by atoms with van der Waals surface area (Å²) in [6, 6.07) is 8.66. The fraction of sp³-hybridized carbons (Fsp3) is 0.0909. The summed E-state index contributed by atoms with van der Waals surface area (Å²) in [5, 5.41) is 21.2. The van der Waals surface area contributed by atoms with Crippen LogP contribution in [0.25, 0.3) is 0 Å². The lowest BCUT2D eigenvalue weighted by Gasteiger charge is -2.05. The molecule has 0 amide bonds. The lowest BCUT2D eigenvalue weighted by molar-refractivity contribution is 0.423. The minimum absolute atomic E-state index is 0.154. The van der Waals surface area contributed by atoms with E-state index >= 15 is 0 Å². The molecule has 0 fully saturated rings. The van der Waals surface area contributed by atoms with E-state index in [1.54, 1.807) is 0 Å². The lowest BCUT2D eigenvalue weighted by atomic mass is 10.2. The molecule has 0 aliphatic rings. The Labute approximate surface area is 92.4 Å². The van der Waals surface area contributed by atoms with E-state index in [-0.39, 0.29) is 17.7 Å². The summed E-state index contributed by atoms with van der Waals surface area (Å²) >= 11 is 0. The molecule has 0 unspecified atom stereocenters. The maximum absolute atomic E-state index is 9.16. The molecule has 0 radical (unpaired) electrons. The Morgan fingerprint density at radius 1 is 1.00 bits per heavy atom. The first-order valence-electron chi connectivity index (χ1n) is 4.74. The van der Waals surface area contributed by atoms with E-state index in [1.807, 2.05) is 31.2 Å². The minimum atomic E-state index is -0.276. The number of aromatic nitrogens is 2. The minimum Gasteiger partial charge on any atom is -0.493 e. The van der Waals surface area contributed by atoms with Gasteiger partial charge in [0.05, 0.1) is 6.07 Å². The maximum atomic E-state index is 9.16. The Balaban J connectivity index is 2.23. The number of aryl methyl sites for hydroxylation is 1. The van der Waals surface area contributed by atoms with Gasteiger partial charge in [-0.05, 0) is 19.1 Å². The van der Waals surface area contributed by atoms with E-state index in [9.17, 15) is 0 Å². The van der Waals surface area contributed by atoms with Crippen LogP contribution >= 0.6 is 0 Å². The number of nitrogens with zero attached hydrogens (tertiary/aromatic N) is 2. The molecule has 2 aromatic rings. The predicted molar refractivity (Wildman–Crippen MR) is 59.8 cm³/mol. The normalized spacial score (nSPS) is 10.1. The average Bonchev–Trinajstić information content (AvgIpc) is 2.20. The van der Waals surface area contributed by atoms with Gasteiger partial charge >= 0.3 is 0 Å². The van der Waals surface area contributed by atoms with Crippen LogP contribution in [0, 0.1) is 6.92 Å².